The Balaban J connectivity index is 1.44. The number of carboxylic acids is 1. The molecule has 5 rings (SSSR count). The van der Waals surface area contributed by atoms with Crippen LogP contribution in [0.4, 0.5) is 0 Å². The van der Waals surface area contributed by atoms with E-state index in [9.17, 15) is 9.90 Å². The maximum atomic E-state index is 11.2. The van der Waals surface area contributed by atoms with E-state index in [4.69, 9.17) is 16.6 Å². The Kier molecular flexibility index (Phi) is 5.77. The van der Waals surface area contributed by atoms with E-state index in [0.717, 1.165) is 55.2 Å². The average molecular weight is 446 g/mol. The number of benzene rings is 1. The summed E-state index contributed by atoms with van der Waals surface area (Å²) < 4.78 is 0. The molecule has 3 aromatic rings. The van der Waals surface area contributed by atoms with Crippen LogP contribution < -0.4 is 0 Å². The van der Waals surface area contributed by atoms with Gasteiger partial charge in [0.2, 0.25) is 0 Å². The summed E-state index contributed by atoms with van der Waals surface area (Å²) in [6, 6.07) is 15.6. The minimum absolute atomic E-state index is 0.0960. The molecule has 3 heterocycles. The first kappa shape index (κ1) is 20.9. The third kappa shape index (κ3) is 4.18. The van der Waals surface area contributed by atoms with Crippen molar-refractivity contribution in [2.75, 3.05) is 13.1 Å². The fourth-order valence-corrected chi connectivity index (χ4v) is 4.97. The molecule has 2 aromatic heterocycles. The number of pyridine rings is 2. The maximum Gasteiger partial charge on any atom is 0.354 e. The van der Waals surface area contributed by atoms with Gasteiger partial charge in [-0.2, -0.15) is 0 Å². The number of aromatic carboxylic acids is 1. The summed E-state index contributed by atoms with van der Waals surface area (Å²) in [7, 11) is 0. The standard InChI is InChI=1S/C26H24ClN3O2/c27-20-8-9-22-19(15-20)7-6-18-3-2-12-28-25(18)24(22)17-10-13-30(14-11-17)16-21-4-1-5-23(29-21)26(31)32/h1-5,8-9,12,15H,6-7,10-11,13-14,16H2,(H,31,32). The van der Waals surface area contributed by atoms with Crippen LogP contribution >= 0.6 is 11.6 Å². The molecule has 5 nitrogen and oxygen atoms in total. The van der Waals surface area contributed by atoms with E-state index in [-0.39, 0.29) is 5.69 Å². The fourth-order valence-electron chi connectivity index (χ4n) is 4.78. The number of likely N-dealkylation sites (tertiary alicyclic amines) is 1. The van der Waals surface area contributed by atoms with Crippen LogP contribution in [0.15, 0.2) is 60.3 Å². The molecule has 1 saturated heterocycles. The Morgan fingerprint density at radius 1 is 1.00 bits per heavy atom. The number of fused-ring (bicyclic) bond motifs is 2. The summed E-state index contributed by atoms with van der Waals surface area (Å²) in [4.78, 5) is 22.6. The number of hydrogen-bond acceptors (Lipinski definition) is 4. The Morgan fingerprint density at radius 2 is 1.81 bits per heavy atom. The molecule has 32 heavy (non-hydrogen) atoms. The van der Waals surface area contributed by atoms with Gasteiger partial charge in [-0.1, -0.05) is 35.4 Å². The van der Waals surface area contributed by atoms with Crippen LogP contribution in [0, 0.1) is 0 Å². The zero-order chi connectivity index (χ0) is 22.1. The van der Waals surface area contributed by atoms with Crippen LogP contribution in [0.25, 0.3) is 5.57 Å². The van der Waals surface area contributed by atoms with Gasteiger partial charge in [-0.15, -0.1) is 0 Å². The smallest absolute Gasteiger partial charge is 0.354 e. The lowest BCUT2D eigenvalue weighted by Gasteiger charge is -2.30. The van der Waals surface area contributed by atoms with Crippen LogP contribution in [-0.4, -0.2) is 39.0 Å². The third-order valence-corrected chi connectivity index (χ3v) is 6.59. The van der Waals surface area contributed by atoms with Crippen molar-refractivity contribution in [3.8, 4) is 0 Å². The van der Waals surface area contributed by atoms with E-state index in [1.54, 1.807) is 6.07 Å². The molecule has 0 unspecified atom stereocenters. The second-order valence-electron chi connectivity index (χ2n) is 8.39. The molecular weight excluding hydrogens is 422 g/mol. The summed E-state index contributed by atoms with van der Waals surface area (Å²) in [5.41, 5.74) is 8.53. The van der Waals surface area contributed by atoms with Gasteiger partial charge >= 0.3 is 5.97 Å². The molecule has 6 heteroatoms. The topological polar surface area (TPSA) is 66.3 Å². The van der Waals surface area contributed by atoms with Gasteiger partial charge in [-0.3, -0.25) is 9.88 Å². The highest BCUT2D eigenvalue weighted by Crippen LogP contribution is 2.38. The van der Waals surface area contributed by atoms with Crippen molar-refractivity contribution in [2.24, 2.45) is 0 Å². The van der Waals surface area contributed by atoms with Crippen LogP contribution in [-0.2, 0) is 19.4 Å². The van der Waals surface area contributed by atoms with Gasteiger partial charge in [-0.25, -0.2) is 9.78 Å². The lowest BCUT2D eigenvalue weighted by atomic mass is 9.88. The van der Waals surface area contributed by atoms with Crippen LogP contribution in [0.1, 0.15) is 51.4 Å². The lowest BCUT2D eigenvalue weighted by molar-refractivity contribution is 0.0690. The van der Waals surface area contributed by atoms with E-state index < -0.39 is 5.97 Å². The molecule has 162 valence electrons. The number of nitrogens with zero attached hydrogens (tertiary/aromatic N) is 3. The largest absolute Gasteiger partial charge is 0.477 e. The van der Waals surface area contributed by atoms with Gasteiger partial charge in [0.15, 0.2) is 0 Å². The van der Waals surface area contributed by atoms with Gasteiger partial charge in [0.05, 0.1) is 11.4 Å². The van der Waals surface area contributed by atoms with Gasteiger partial charge in [-0.05, 0) is 72.7 Å². The van der Waals surface area contributed by atoms with E-state index in [1.165, 1.54) is 33.9 Å². The average Bonchev–Trinajstić information content (AvgIpc) is 2.96. The van der Waals surface area contributed by atoms with Gasteiger partial charge in [0.1, 0.15) is 5.69 Å². The zero-order valence-corrected chi connectivity index (χ0v) is 18.5. The van der Waals surface area contributed by atoms with Gasteiger partial charge in [0.25, 0.3) is 0 Å². The summed E-state index contributed by atoms with van der Waals surface area (Å²) >= 11 is 6.32. The first-order chi connectivity index (χ1) is 15.6. The molecule has 1 aliphatic heterocycles. The minimum Gasteiger partial charge on any atom is -0.477 e. The molecule has 0 saturated carbocycles. The Morgan fingerprint density at radius 3 is 2.62 bits per heavy atom. The van der Waals surface area contributed by atoms with E-state index in [0.29, 0.717) is 6.54 Å². The first-order valence-corrected chi connectivity index (χ1v) is 11.3. The van der Waals surface area contributed by atoms with Crippen LogP contribution in [0.3, 0.4) is 0 Å². The van der Waals surface area contributed by atoms with E-state index in [2.05, 4.69) is 28.1 Å². The number of carboxylic acid groups (broad SMARTS) is 1. The monoisotopic (exact) mass is 445 g/mol. The van der Waals surface area contributed by atoms with E-state index >= 15 is 0 Å². The molecular formula is C26H24ClN3O2. The molecule has 1 aliphatic carbocycles. The number of hydrogen-bond donors (Lipinski definition) is 1. The SMILES string of the molecule is O=C(O)c1cccc(CN2CCC(=C3c4ccc(Cl)cc4CCc4cccnc43)CC2)n1. The highest BCUT2D eigenvalue weighted by Gasteiger charge is 2.25. The fraction of sp³-hybridized carbons (Fsp3) is 0.269. The Labute approximate surface area is 192 Å². The van der Waals surface area contributed by atoms with Crippen molar-refractivity contribution in [2.45, 2.75) is 32.2 Å². The molecule has 1 aromatic carbocycles. The molecule has 1 N–H and O–H groups in total. The lowest BCUT2D eigenvalue weighted by Crippen LogP contribution is -2.31. The predicted molar refractivity (Wildman–Crippen MR) is 125 cm³/mol. The number of piperidine rings is 1. The number of rotatable bonds is 3. The Hall–Kier alpha value is -3.02. The van der Waals surface area contributed by atoms with Crippen molar-refractivity contribution < 1.29 is 9.90 Å². The van der Waals surface area contributed by atoms with Crippen molar-refractivity contribution in [1.82, 2.24) is 14.9 Å². The molecule has 0 radical (unpaired) electrons. The summed E-state index contributed by atoms with van der Waals surface area (Å²) in [6.07, 6.45) is 5.71. The second kappa shape index (κ2) is 8.85. The molecule has 0 spiro atoms. The third-order valence-electron chi connectivity index (χ3n) is 6.35. The molecule has 2 aliphatic rings. The van der Waals surface area contributed by atoms with Crippen LogP contribution in [0.2, 0.25) is 5.02 Å². The van der Waals surface area contributed by atoms with Crippen molar-refractivity contribution in [3.05, 3.63) is 99.1 Å². The van der Waals surface area contributed by atoms with Crippen molar-refractivity contribution >= 4 is 23.1 Å². The quantitative estimate of drug-likeness (QED) is 0.612. The van der Waals surface area contributed by atoms with Gasteiger partial charge in [0, 0.05) is 36.4 Å². The zero-order valence-electron chi connectivity index (χ0n) is 17.7. The minimum atomic E-state index is -0.990. The maximum absolute atomic E-state index is 11.2. The molecule has 1 fully saturated rings. The number of aromatic nitrogens is 2. The van der Waals surface area contributed by atoms with Gasteiger partial charge < -0.3 is 5.11 Å². The summed E-state index contributed by atoms with van der Waals surface area (Å²) in [5.74, 6) is -0.990. The number of aryl methyl sites for hydroxylation is 2. The summed E-state index contributed by atoms with van der Waals surface area (Å²) in [5, 5.41) is 9.97. The van der Waals surface area contributed by atoms with Crippen molar-refractivity contribution in [3.63, 3.8) is 0 Å². The second-order valence-corrected chi connectivity index (χ2v) is 8.82. The normalized spacial score (nSPS) is 16.3. The predicted octanol–water partition coefficient (Wildman–Crippen LogP) is 5.02. The van der Waals surface area contributed by atoms with Crippen LogP contribution in [0.5, 0.6) is 0 Å². The molecule has 0 bridgehead atoms. The Bertz CT molecular complexity index is 1210. The molecule has 0 amide bonds. The number of halogens is 1. The highest BCUT2D eigenvalue weighted by molar-refractivity contribution is 6.30. The first-order valence-electron chi connectivity index (χ1n) is 10.9. The van der Waals surface area contributed by atoms with E-state index in [1.807, 2.05) is 24.4 Å². The highest BCUT2D eigenvalue weighted by atomic mass is 35.5. The summed E-state index contributed by atoms with van der Waals surface area (Å²) in [6.45, 7) is 2.47. The molecule has 0 atom stereocenters. The number of carbonyl (C=O) groups is 1. The van der Waals surface area contributed by atoms with Crippen molar-refractivity contribution in [1.29, 1.82) is 0 Å².